The summed E-state index contributed by atoms with van der Waals surface area (Å²) in [6, 6.07) is 7.46. The molecule has 80 valence electrons. The Balaban J connectivity index is 2.53. The van der Waals surface area contributed by atoms with E-state index in [1.54, 1.807) is 13.2 Å². The topological polar surface area (TPSA) is 47.6 Å². The molecule has 1 aromatic carbocycles. The van der Waals surface area contributed by atoms with Gasteiger partial charge in [-0.1, -0.05) is 12.1 Å². The van der Waals surface area contributed by atoms with Crippen molar-refractivity contribution in [2.24, 2.45) is 0 Å². The summed E-state index contributed by atoms with van der Waals surface area (Å²) in [6.07, 6.45) is 2.80. The summed E-state index contributed by atoms with van der Waals surface area (Å²) in [7, 11) is 2.93. The minimum Gasteiger partial charge on any atom is -0.497 e. The van der Waals surface area contributed by atoms with Crippen LogP contribution < -0.4 is 10.1 Å². The van der Waals surface area contributed by atoms with Crippen molar-refractivity contribution in [3.05, 3.63) is 36.0 Å². The Bertz CT molecular complexity index is 343. The molecule has 1 aromatic rings. The molecule has 0 saturated heterocycles. The molecule has 4 nitrogen and oxygen atoms in total. The summed E-state index contributed by atoms with van der Waals surface area (Å²) < 4.78 is 9.42. The molecule has 0 aliphatic carbocycles. The molecule has 0 fully saturated rings. The van der Waals surface area contributed by atoms with E-state index >= 15 is 0 Å². The van der Waals surface area contributed by atoms with E-state index in [1.807, 2.05) is 24.3 Å². The third-order valence-electron chi connectivity index (χ3n) is 1.78. The fourth-order valence-electron chi connectivity index (χ4n) is 0.980. The average molecular weight is 207 g/mol. The predicted molar refractivity (Wildman–Crippen MR) is 57.6 cm³/mol. The second-order valence-corrected chi connectivity index (χ2v) is 2.74. The van der Waals surface area contributed by atoms with Gasteiger partial charge in [-0.05, 0) is 23.8 Å². The maximum absolute atomic E-state index is 10.7. The molecule has 0 unspecified atom stereocenters. The van der Waals surface area contributed by atoms with Crippen LogP contribution in [0.3, 0.4) is 0 Å². The van der Waals surface area contributed by atoms with Crippen LogP contribution in [0.5, 0.6) is 5.75 Å². The summed E-state index contributed by atoms with van der Waals surface area (Å²) in [6.45, 7) is 0. The monoisotopic (exact) mass is 207 g/mol. The van der Waals surface area contributed by atoms with Gasteiger partial charge in [-0.25, -0.2) is 4.79 Å². The third-order valence-corrected chi connectivity index (χ3v) is 1.78. The molecule has 1 N–H and O–H groups in total. The average Bonchev–Trinajstić information content (AvgIpc) is 2.29. The summed E-state index contributed by atoms with van der Waals surface area (Å²) in [4.78, 5) is 10.7. The van der Waals surface area contributed by atoms with Gasteiger partial charge in [0.2, 0.25) is 0 Å². The highest BCUT2D eigenvalue weighted by atomic mass is 16.5. The summed E-state index contributed by atoms with van der Waals surface area (Å²) >= 11 is 0. The van der Waals surface area contributed by atoms with Crippen LogP contribution in [-0.4, -0.2) is 20.3 Å². The Kier molecular flexibility index (Phi) is 4.22. The highest BCUT2D eigenvalue weighted by molar-refractivity contribution is 5.69. The number of rotatable bonds is 3. The van der Waals surface area contributed by atoms with E-state index in [9.17, 15) is 4.79 Å². The molecule has 0 bridgehead atoms. The van der Waals surface area contributed by atoms with E-state index < -0.39 is 6.09 Å². The van der Waals surface area contributed by atoms with E-state index in [2.05, 4.69) is 10.1 Å². The first-order valence-electron chi connectivity index (χ1n) is 4.41. The molecule has 0 heterocycles. The van der Waals surface area contributed by atoms with Crippen LogP contribution >= 0.6 is 0 Å². The normalized spacial score (nSPS) is 10.0. The van der Waals surface area contributed by atoms with Crippen molar-refractivity contribution in [1.29, 1.82) is 0 Å². The van der Waals surface area contributed by atoms with E-state index in [-0.39, 0.29) is 0 Å². The molecule has 15 heavy (non-hydrogen) atoms. The minimum absolute atomic E-state index is 0.486. The Morgan fingerprint density at radius 1 is 1.27 bits per heavy atom. The van der Waals surface area contributed by atoms with Crippen LogP contribution in [0.25, 0.3) is 6.08 Å². The number of carbonyl (C=O) groups excluding carboxylic acids is 1. The van der Waals surface area contributed by atoms with Gasteiger partial charge in [0.25, 0.3) is 0 Å². The van der Waals surface area contributed by atoms with Crippen molar-refractivity contribution < 1.29 is 14.3 Å². The first-order chi connectivity index (χ1) is 7.26. The highest BCUT2D eigenvalue weighted by Crippen LogP contribution is 2.11. The van der Waals surface area contributed by atoms with E-state index in [4.69, 9.17) is 4.74 Å². The van der Waals surface area contributed by atoms with Crippen LogP contribution in [-0.2, 0) is 4.74 Å². The van der Waals surface area contributed by atoms with Gasteiger partial charge in [-0.2, -0.15) is 0 Å². The maximum atomic E-state index is 10.7. The number of hydrogen-bond donors (Lipinski definition) is 1. The van der Waals surface area contributed by atoms with Crippen molar-refractivity contribution in [2.45, 2.75) is 0 Å². The van der Waals surface area contributed by atoms with Gasteiger partial charge >= 0.3 is 6.09 Å². The second kappa shape index (κ2) is 5.70. The number of ether oxygens (including phenoxy) is 2. The van der Waals surface area contributed by atoms with Gasteiger partial charge in [0, 0.05) is 6.20 Å². The standard InChI is InChI=1S/C11H13NO3/c1-14-10-5-3-9(4-6-10)7-8-12-11(13)15-2/h3-8H,1-2H3,(H,12,13). The lowest BCUT2D eigenvalue weighted by atomic mass is 10.2. The summed E-state index contributed by atoms with van der Waals surface area (Å²) in [5, 5.41) is 2.44. The molecule has 1 amide bonds. The quantitative estimate of drug-likeness (QED) is 0.824. The summed E-state index contributed by atoms with van der Waals surface area (Å²) in [5.41, 5.74) is 0.965. The zero-order chi connectivity index (χ0) is 11.1. The van der Waals surface area contributed by atoms with Crippen LogP contribution in [0.4, 0.5) is 4.79 Å². The smallest absolute Gasteiger partial charge is 0.410 e. The van der Waals surface area contributed by atoms with E-state index in [0.29, 0.717) is 0 Å². The largest absolute Gasteiger partial charge is 0.497 e. The zero-order valence-electron chi connectivity index (χ0n) is 8.69. The number of alkyl carbamates (subject to hydrolysis) is 1. The van der Waals surface area contributed by atoms with Crippen molar-refractivity contribution in [3.63, 3.8) is 0 Å². The number of nitrogens with one attached hydrogen (secondary N) is 1. The number of hydrogen-bond acceptors (Lipinski definition) is 3. The Hall–Kier alpha value is -1.97. The van der Waals surface area contributed by atoms with Crippen LogP contribution in [0, 0.1) is 0 Å². The van der Waals surface area contributed by atoms with Gasteiger partial charge in [0.1, 0.15) is 5.75 Å². The number of carbonyl (C=O) groups is 1. The predicted octanol–water partition coefficient (Wildman–Crippen LogP) is 2.02. The van der Waals surface area contributed by atoms with E-state index in [0.717, 1.165) is 11.3 Å². The second-order valence-electron chi connectivity index (χ2n) is 2.74. The van der Waals surface area contributed by atoms with Gasteiger partial charge in [-0.3, -0.25) is 5.32 Å². The number of benzene rings is 1. The van der Waals surface area contributed by atoms with E-state index in [1.165, 1.54) is 13.3 Å². The lowest BCUT2D eigenvalue weighted by Gasteiger charge is -1.99. The van der Waals surface area contributed by atoms with Crippen molar-refractivity contribution >= 4 is 12.2 Å². The number of amides is 1. The Morgan fingerprint density at radius 2 is 1.93 bits per heavy atom. The first kappa shape index (κ1) is 11.1. The van der Waals surface area contributed by atoms with Crippen molar-refractivity contribution in [1.82, 2.24) is 5.32 Å². The fraction of sp³-hybridized carbons (Fsp3) is 0.182. The minimum atomic E-state index is -0.486. The zero-order valence-corrected chi connectivity index (χ0v) is 8.69. The molecule has 0 spiro atoms. The molecule has 0 aliphatic rings. The Labute approximate surface area is 88.5 Å². The lowest BCUT2D eigenvalue weighted by Crippen LogP contribution is -2.15. The van der Waals surface area contributed by atoms with Crippen LogP contribution in [0.15, 0.2) is 30.5 Å². The molecule has 0 saturated carbocycles. The third kappa shape index (κ3) is 3.72. The molecular weight excluding hydrogens is 194 g/mol. The Morgan fingerprint density at radius 3 is 2.47 bits per heavy atom. The molecule has 0 atom stereocenters. The SMILES string of the molecule is COC(=O)NC=Cc1ccc(OC)cc1. The highest BCUT2D eigenvalue weighted by Gasteiger charge is 1.92. The van der Waals surface area contributed by atoms with Crippen molar-refractivity contribution in [2.75, 3.05) is 14.2 Å². The maximum Gasteiger partial charge on any atom is 0.410 e. The number of methoxy groups -OCH3 is 2. The molecule has 1 rings (SSSR count). The molecule has 0 aromatic heterocycles. The molecule has 0 radical (unpaired) electrons. The van der Waals surface area contributed by atoms with Crippen LogP contribution in [0.2, 0.25) is 0 Å². The van der Waals surface area contributed by atoms with Gasteiger partial charge in [-0.15, -0.1) is 0 Å². The van der Waals surface area contributed by atoms with Crippen molar-refractivity contribution in [3.8, 4) is 5.75 Å². The molecule has 0 aliphatic heterocycles. The van der Waals surface area contributed by atoms with Crippen LogP contribution in [0.1, 0.15) is 5.56 Å². The summed E-state index contributed by atoms with van der Waals surface area (Å²) in [5.74, 6) is 0.799. The molecular formula is C11H13NO3. The van der Waals surface area contributed by atoms with Gasteiger partial charge < -0.3 is 9.47 Å². The van der Waals surface area contributed by atoms with Gasteiger partial charge in [0.15, 0.2) is 0 Å². The fourth-order valence-corrected chi connectivity index (χ4v) is 0.980. The molecule has 4 heteroatoms. The first-order valence-corrected chi connectivity index (χ1v) is 4.41. The van der Waals surface area contributed by atoms with Gasteiger partial charge in [0.05, 0.1) is 14.2 Å². The lowest BCUT2D eigenvalue weighted by molar-refractivity contribution is 0.175.